The number of aromatic nitrogens is 4. The van der Waals surface area contributed by atoms with E-state index < -0.39 is 11.8 Å². The van der Waals surface area contributed by atoms with Crippen molar-refractivity contribution < 1.29 is 14.3 Å². The van der Waals surface area contributed by atoms with Crippen LogP contribution in [0.4, 0.5) is 20.6 Å². The predicted octanol–water partition coefficient (Wildman–Crippen LogP) is 1.84. The van der Waals surface area contributed by atoms with Crippen LogP contribution in [-0.4, -0.2) is 37.3 Å². The minimum absolute atomic E-state index is 0.0517. The summed E-state index contributed by atoms with van der Waals surface area (Å²) >= 11 is 0. The van der Waals surface area contributed by atoms with Crippen LogP contribution in [0.5, 0.6) is 0 Å². The average Bonchev–Trinajstić information content (AvgIpc) is 3.20. The van der Waals surface area contributed by atoms with E-state index in [9.17, 15) is 9.18 Å². The molecule has 2 heterocycles. The molecule has 0 radical (unpaired) electrons. The van der Waals surface area contributed by atoms with Crippen LogP contribution in [0.15, 0.2) is 49.1 Å². The SMILES string of the molecule is O=C(Nc1cnn(CCO)c1)Nc1cc(F)ccc1-n1cccn1. The van der Waals surface area contributed by atoms with Crippen LogP contribution in [-0.2, 0) is 6.54 Å². The summed E-state index contributed by atoms with van der Waals surface area (Å²) in [6, 6.07) is 5.21. The van der Waals surface area contributed by atoms with Crippen molar-refractivity contribution in [1.82, 2.24) is 19.6 Å². The molecule has 0 unspecified atom stereocenters. The summed E-state index contributed by atoms with van der Waals surface area (Å²) in [7, 11) is 0. The van der Waals surface area contributed by atoms with Gasteiger partial charge in [0, 0.05) is 18.6 Å². The fourth-order valence-electron chi connectivity index (χ4n) is 2.16. The Bertz CT molecular complexity index is 830. The van der Waals surface area contributed by atoms with Crippen LogP contribution >= 0.6 is 0 Å². The van der Waals surface area contributed by atoms with Crippen LogP contribution in [0, 0.1) is 5.82 Å². The fourth-order valence-corrected chi connectivity index (χ4v) is 2.16. The molecule has 0 spiro atoms. The minimum Gasteiger partial charge on any atom is -0.394 e. The van der Waals surface area contributed by atoms with Crippen LogP contribution in [0.25, 0.3) is 5.69 Å². The second-order valence-electron chi connectivity index (χ2n) is 4.91. The number of carbonyl (C=O) groups excluding carboxylic acids is 1. The molecule has 2 aromatic heterocycles. The summed E-state index contributed by atoms with van der Waals surface area (Å²) in [6.07, 6.45) is 6.31. The first-order chi connectivity index (χ1) is 11.7. The van der Waals surface area contributed by atoms with E-state index in [0.717, 1.165) is 0 Å². The van der Waals surface area contributed by atoms with Crippen LogP contribution in [0.3, 0.4) is 0 Å². The molecule has 8 nitrogen and oxygen atoms in total. The predicted molar refractivity (Wildman–Crippen MR) is 85.5 cm³/mol. The summed E-state index contributed by atoms with van der Waals surface area (Å²) < 4.78 is 16.5. The summed E-state index contributed by atoms with van der Waals surface area (Å²) in [4.78, 5) is 12.1. The second-order valence-corrected chi connectivity index (χ2v) is 4.91. The summed E-state index contributed by atoms with van der Waals surface area (Å²) in [5, 5.41) is 22.1. The van der Waals surface area contributed by atoms with Gasteiger partial charge in [-0.25, -0.2) is 13.9 Å². The molecule has 3 N–H and O–H groups in total. The maximum Gasteiger partial charge on any atom is 0.323 e. The molecule has 0 atom stereocenters. The molecule has 0 saturated carbocycles. The largest absolute Gasteiger partial charge is 0.394 e. The van der Waals surface area contributed by atoms with Crippen molar-refractivity contribution in [2.45, 2.75) is 6.54 Å². The zero-order valence-electron chi connectivity index (χ0n) is 12.6. The van der Waals surface area contributed by atoms with Crippen molar-refractivity contribution in [1.29, 1.82) is 0 Å². The Kier molecular flexibility index (Phi) is 4.52. The molecule has 2 amide bonds. The molecule has 3 rings (SSSR count). The van der Waals surface area contributed by atoms with Crippen LogP contribution in [0.2, 0.25) is 0 Å². The highest BCUT2D eigenvalue weighted by Gasteiger charge is 2.11. The summed E-state index contributed by atoms with van der Waals surface area (Å²) in [6.45, 7) is 0.278. The number of aliphatic hydroxyl groups excluding tert-OH is 1. The molecule has 24 heavy (non-hydrogen) atoms. The van der Waals surface area contributed by atoms with Gasteiger partial charge >= 0.3 is 6.03 Å². The van der Waals surface area contributed by atoms with E-state index in [-0.39, 0.29) is 12.3 Å². The summed E-state index contributed by atoms with van der Waals surface area (Å²) in [5.41, 5.74) is 1.27. The lowest BCUT2D eigenvalue weighted by atomic mass is 10.2. The third kappa shape index (κ3) is 3.58. The van der Waals surface area contributed by atoms with Crippen LogP contribution in [0.1, 0.15) is 0 Å². The number of urea groups is 1. The number of benzene rings is 1. The number of nitrogens with one attached hydrogen (secondary N) is 2. The van der Waals surface area contributed by atoms with Gasteiger partial charge in [0.1, 0.15) is 5.82 Å². The summed E-state index contributed by atoms with van der Waals surface area (Å²) in [5.74, 6) is -0.475. The average molecular weight is 330 g/mol. The highest BCUT2D eigenvalue weighted by molar-refractivity contribution is 6.00. The molecule has 0 bridgehead atoms. The molecule has 0 aliphatic heterocycles. The van der Waals surface area contributed by atoms with Crippen molar-refractivity contribution in [3.05, 3.63) is 54.9 Å². The lowest BCUT2D eigenvalue weighted by molar-refractivity contribution is 0.262. The highest BCUT2D eigenvalue weighted by atomic mass is 19.1. The fraction of sp³-hybridized carbons (Fsp3) is 0.133. The number of nitrogens with zero attached hydrogens (tertiary/aromatic N) is 4. The Morgan fingerprint density at radius 2 is 2.17 bits per heavy atom. The number of carbonyl (C=O) groups is 1. The lowest BCUT2D eigenvalue weighted by Gasteiger charge is -2.11. The zero-order chi connectivity index (χ0) is 16.9. The maximum absolute atomic E-state index is 13.5. The normalized spacial score (nSPS) is 10.6. The van der Waals surface area contributed by atoms with Crippen molar-refractivity contribution >= 4 is 17.4 Å². The third-order valence-electron chi connectivity index (χ3n) is 3.18. The highest BCUT2D eigenvalue weighted by Crippen LogP contribution is 2.21. The molecule has 0 saturated heterocycles. The van der Waals surface area contributed by atoms with E-state index in [1.54, 1.807) is 24.7 Å². The van der Waals surface area contributed by atoms with Gasteiger partial charge in [0.2, 0.25) is 0 Å². The molecule has 0 aliphatic carbocycles. The van der Waals surface area contributed by atoms with E-state index in [1.165, 1.54) is 33.8 Å². The zero-order valence-corrected chi connectivity index (χ0v) is 12.6. The number of anilines is 2. The number of aliphatic hydroxyl groups is 1. The topological polar surface area (TPSA) is 97.0 Å². The maximum atomic E-state index is 13.5. The number of rotatable bonds is 5. The van der Waals surface area contributed by atoms with Crippen molar-refractivity contribution in [2.75, 3.05) is 17.2 Å². The van der Waals surface area contributed by atoms with Gasteiger partial charge in [0.05, 0.1) is 36.4 Å². The van der Waals surface area contributed by atoms with E-state index in [4.69, 9.17) is 5.11 Å². The van der Waals surface area contributed by atoms with Gasteiger partial charge < -0.3 is 15.7 Å². The molecule has 0 fully saturated rings. The third-order valence-corrected chi connectivity index (χ3v) is 3.18. The van der Waals surface area contributed by atoms with Crippen molar-refractivity contribution in [3.8, 4) is 5.69 Å². The van der Waals surface area contributed by atoms with Gasteiger partial charge in [-0.3, -0.25) is 4.68 Å². The molecule has 124 valence electrons. The molecular weight excluding hydrogens is 315 g/mol. The van der Waals surface area contributed by atoms with Gasteiger partial charge in [-0.15, -0.1) is 0 Å². The van der Waals surface area contributed by atoms with Gasteiger partial charge in [0.25, 0.3) is 0 Å². The molecule has 9 heteroatoms. The van der Waals surface area contributed by atoms with E-state index >= 15 is 0 Å². The molecule has 0 aliphatic rings. The van der Waals surface area contributed by atoms with Gasteiger partial charge in [-0.2, -0.15) is 10.2 Å². The monoisotopic (exact) mass is 330 g/mol. The van der Waals surface area contributed by atoms with Gasteiger partial charge in [-0.05, 0) is 24.3 Å². The number of hydrogen-bond acceptors (Lipinski definition) is 4. The number of hydrogen-bond donors (Lipinski definition) is 3. The Labute approximate surface area is 136 Å². The molecule has 3 aromatic rings. The van der Waals surface area contributed by atoms with E-state index in [1.807, 2.05) is 0 Å². The second kappa shape index (κ2) is 6.92. The minimum atomic E-state index is -0.544. The Hall–Kier alpha value is -3.20. The quantitative estimate of drug-likeness (QED) is 0.665. The van der Waals surface area contributed by atoms with Gasteiger partial charge in [0.15, 0.2) is 0 Å². The first-order valence-electron chi connectivity index (χ1n) is 7.16. The van der Waals surface area contributed by atoms with E-state index in [2.05, 4.69) is 20.8 Å². The standard InChI is InChI=1S/C15H15FN6O2/c16-11-2-3-14(22-5-1-4-17-22)13(8-11)20-15(24)19-12-9-18-21(10-12)6-7-23/h1-5,8-10,23H,6-7H2,(H2,19,20,24). The Balaban J connectivity index is 1.75. The van der Waals surface area contributed by atoms with Gasteiger partial charge in [-0.1, -0.05) is 0 Å². The molecular formula is C15H15FN6O2. The van der Waals surface area contributed by atoms with Crippen molar-refractivity contribution in [3.63, 3.8) is 0 Å². The first kappa shape index (κ1) is 15.7. The Morgan fingerprint density at radius 3 is 2.92 bits per heavy atom. The van der Waals surface area contributed by atoms with Crippen molar-refractivity contribution in [2.24, 2.45) is 0 Å². The van der Waals surface area contributed by atoms with Crippen LogP contribution < -0.4 is 10.6 Å². The number of amides is 2. The lowest BCUT2D eigenvalue weighted by Crippen LogP contribution is -2.20. The van der Waals surface area contributed by atoms with E-state index in [0.29, 0.717) is 17.9 Å². The smallest absolute Gasteiger partial charge is 0.323 e. The number of halogens is 1. The Morgan fingerprint density at radius 1 is 1.29 bits per heavy atom. The first-order valence-corrected chi connectivity index (χ1v) is 7.16. The molecule has 1 aromatic carbocycles.